The number of anilines is 3. The van der Waals surface area contributed by atoms with Gasteiger partial charge in [-0.3, -0.25) is 19.3 Å². The molecule has 3 aromatic heterocycles. The van der Waals surface area contributed by atoms with E-state index in [2.05, 4.69) is 44.5 Å². The standard InChI is InChI=1S/C25H28N8O2.CH2O2/c26-24-22(33(34)35)11-8-19(29-24)5-4-12-28-25-30-21(17-23-27-13-16-32(23)25)18-6-9-20(10-7-18)31-14-2-1-3-15-31;2-1-3/h6-11,13,16-17H,1-5,12,14-15H2,(H2,26,29)(H,28,30);1H,(H,2,3). The third kappa shape index (κ3) is 6.33. The van der Waals surface area contributed by atoms with Gasteiger partial charge >= 0.3 is 5.69 Å². The van der Waals surface area contributed by atoms with E-state index in [4.69, 9.17) is 20.6 Å². The zero-order chi connectivity index (χ0) is 26.9. The molecule has 0 aliphatic carbocycles. The van der Waals surface area contributed by atoms with Crippen LogP contribution in [0.2, 0.25) is 0 Å². The van der Waals surface area contributed by atoms with Gasteiger partial charge < -0.3 is 21.1 Å². The maximum Gasteiger partial charge on any atom is 0.311 e. The Balaban J connectivity index is 0.00000107. The van der Waals surface area contributed by atoms with E-state index in [1.165, 1.54) is 31.0 Å². The first-order valence-electron chi connectivity index (χ1n) is 12.4. The second kappa shape index (κ2) is 12.5. The van der Waals surface area contributed by atoms with Crippen molar-refractivity contribution in [1.82, 2.24) is 19.4 Å². The van der Waals surface area contributed by atoms with Crippen molar-refractivity contribution in [2.75, 3.05) is 35.6 Å². The molecule has 1 aliphatic rings. The minimum absolute atomic E-state index is 0.0544. The van der Waals surface area contributed by atoms with Gasteiger partial charge in [-0.2, -0.15) is 0 Å². The first-order valence-corrected chi connectivity index (χ1v) is 12.4. The summed E-state index contributed by atoms with van der Waals surface area (Å²) in [5.74, 6) is 0.660. The van der Waals surface area contributed by atoms with Crippen LogP contribution in [0, 0.1) is 10.1 Å². The Morgan fingerprint density at radius 1 is 1.11 bits per heavy atom. The molecule has 0 amide bonds. The Hall–Kier alpha value is -4.74. The second-order valence-corrected chi connectivity index (χ2v) is 8.81. The Morgan fingerprint density at radius 3 is 2.53 bits per heavy atom. The molecule has 1 saturated heterocycles. The number of nitrogens with two attached hydrogens (primary N) is 1. The number of nitro groups is 1. The molecule has 0 saturated carbocycles. The second-order valence-electron chi connectivity index (χ2n) is 8.81. The van der Waals surface area contributed by atoms with Crippen LogP contribution in [0.1, 0.15) is 31.4 Å². The van der Waals surface area contributed by atoms with Gasteiger partial charge in [0.1, 0.15) is 5.65 Å². The smallest absolute Gasteiger partial charge is 0.311 e. The predicted octanol–water partition coefficient (Wildman–Crippen LogP) is 4.02. The Morgan fingerprint density at radius 2 is 1.84 bits per heavy atom. The first kappa shape index (κ1) is 26.3. The lowest BCUT2D eigenvalue weighted by atomic mass is 10.1. The molecule has 5 rings (SSSR count). The monoisotopic (exact) mass is 518 g/mol. The van der Waals surface area contributed by atoms with E-state index >= 15 is 0 Å². The summed E-state index contributed by atoms with van der Waals surface area (Å²) in [6.45, 7) is 2.64. The molecule has 1 aromatic carbocycles. The number of rotatable bonds is 8. The van der Waals surface area contributed by atoms with Crippen molar-refractivity contribution in [3.63, 3.8) is 0 Å². The summed E-state index contributed by atoms with van der Waals surface area (Å²) in [5, 5.41) is 21.2. The van der Waals surface area contributed by atoms with Crippen LogP contribution in [0.25, 0.3) is 16.9 Å². The Labute approximate surface area is 219 Å². The van der Waals surface area contributed by atoms with E-state index in [-0.39, 0.29) is 18.0 Å². The molecule has 198 valence electrons. The maximum atomic E-state index is 10.9. The SMILES string of the molecule is Nc1nc(CCCNc2nc(-c3ccc(N4CCCCC4)cc3)cc3nccn23)ccc1[N+](=O)[O-].O=CO. The van der Waals surface area contributed by atoms with Gasteiger partial charge in [-0.05, 0) is 50.3 Å². The summed E-state index contributed by atoms with van der Waals surface area (Å²) < 4.78 is 1.92. The number of imidazole rings is 1. The maximum absolute atomic E-state index is 10.9. The number of aryl methyl sites for hydroxylation is 1. The van der Waals surface area contributed by atoms with Gasteiger partial charge in [0.05, 0.1) is 10.6 Å². The molecule has 1 aliphatic heterocycles. The van der Waals surface area contributed by atoms with Crippen LogP contribution in [0.3, 0.4) is 0 Å². The molecule has 0 spiro atoms. The third-order valence-electron chi connectivity index (χ3n) is 6.32. The lowest BCUT2D eigenvalue weighted by molar-refractivity contribution is -0.384. The molecule has 12 heteroatoms. The number of pyridine rings is 1. The molecular formula is C26H30N8O4. The normalized spacial score (nSPS) is 13.0. The number of carbonyl (C=O) groups is 1. The molecule has 4 heterocycles. The summed E-state index contributed by atoms with van der Waals surface area (Å²) >= 11 is 0. The molecule has 4 aromatic rings. The molecule has 38 heavy (non-hydrogen) atoms. The number of carboxylic acid groups (broad SMARTS) is 1. The van der Waals surface area contributed by atoms with Crippen molar-refractivity contribution >= 4 is 35.3 Å². The van der Waals surface area contributed by atoms with E-state index in [0.29, 0.717) is 18.9 Å². The molecular weight excluding hydrogens is 488 g/mol. The van der Waals surface area contributed by atoms with Crippen molar-refractivity contribution in [3.8, 4) is 11.3 Å². The van der Waals surface area contributed by atoms with E-state index in [0.717, 1.165) is 42.1 Å². The van der Waals surface area contributed by atoms with E-state index in [1.54, 1.807) is 12.3 Å². The zero-order valence-electron chi connectivity index (χ0n) is 20.9. The Kier molecular flexibility index (Phi) is 8.65. The number of nitrogen functional groups attached to an aromatic ring is 1. The van der Waals surface area contributed by atoms with Crippen molar-refractivity contribution in [2.45, 2.75) is 32.1 Å². The topological polar surface area (TPSA) is 165 Å². The van der Waals surface area contributed by atoms with Crippen LogP contribution < -0.4 is 16.0 Å². The highest BCUT2D eigenvalue weighted by molar-refractivity contribution is 5.68. The summed E-state index contributed by atoms with van der Waals surface area (Å²) in [6, 6.07) is 13.6. The van der Waals surface area contributed by atoms with Gasteiger partial charge in [-0.25, -0.2) is 15.0 Å². The summed E-state index contributed by atoms with van der Waals surface area (Å²) in [4.78, 5) is 34.7. The third-order valence-corrected chi connectivity index (χ3v) is 6.32. The first-order chi connectivity index (χ1) is 18.5. The number of nitrogens with one attached hydrogen (secondary N) is 1. The molecule has 0 bridgehead atoms. The molecule has 0 radical (unpaired) electrons. The van der Waals surface area contributed by atoms with Crippen LogP contribution in [0.4, 0.5) is 23.1 Å². The van der Waals surface area contributed by atoms with Crippen molar-refractivity contribution in [3.05, 3.63) is 70.7 Å². The van der Waals surface area contributed by atoms with Gasteiger partial charge in [0.2, 0.25) is 11.8 Å². The largest absolute Gasteiger partial charge is 0.483 e. The molecule has 4 N–H and O–H groups in total. The van der Waals surface area contributed by atoms with E-state index < -0.39 is 4.92 Å². The average molecular weight is 519 g/mol. The zero-order valence-corrected chi connectivity index (χ0v) is 20.9. The lowest BCUT2D eigenvalue weighted by Gasteiger charge is -2.28. The molecule has 0 atom stereocenters. The molecule has 0 unspecified atom stereocenters. The molecule has 1 fully saturated rings. The minimum atomic E-state index is -0.524. The van der Waals surface area contributed by atoms with Crippen molar-refractivity contribution in [1.29, 1.82) is 0 Å². The average Bonchev–Trinajstić information content (AvgIpc) is 3.41. The number of benzene rings is 1. The minimum Gasteiger partial charge on any atom is -0.483 e. The summed E-state index contributed by atoms with van der Waals surface area (Å²) in [5.41, 5.74) is 10.2. The number of aromatic nitrogens is 4. The van der Waals surface area contributed by atoms with Crippen molar-refractivity contribution in [2.24, 2.45) is 0 Å². The van der Waals surface area contributed by atoms with Gasteiger partial charge in [-0.1, -0.05) is 12.1 Å². The van der Waals surface area contributed by atoms with Crippen LogP contribution in [0.5, 0.6) is 0 Å². The van der Waals surface area contributed by atoms with Crippen molar-refractivity contribution < 1.29 is 14.8 Å². The number of hydrogen-bond acceptors (Lipinski definition) is 9. The lowest BCUT2D eigenvalue weighted by Crippen LogP contribution is -2.29. The van der Waals surface area contributed by atoms with Gasteiger partial charge in [0, 0.05) is 61.1 Å². The van der Waals surface area contributed by atoms with Gasteiger partial charge in [-0.15, -0.1) is 0 Å². The van der Waals surface area contributed by atoms with Crippen LogP contribution in [0.15, 0.2) is 54.9 Å². The summed E-state index contributed by atoms with van der Waals surface area (Å²) in [6.07, 6.45) is 8.86. The van der Waals surface area contributed by atoms with Gasteiger partial charge in [0.15, 0.2) is 0 Å². The fraction of sp³-hybridized carbons (Fsp3) is 0.308. The highest BCUT2D eigenvalue weighted by Gasteiger charge is 2.14. The van der Waals surface area contributed by atoms with Crippen LogP contribution >= 0.6 is 0 Å². The van der Waals surface area contributed by atoms with E-state index in [9.17, 15) is 10.1 Å². The van der Waals surface area contributed by atoms with Crippen LogP contribution in [-0.2, 0) is 11.2 Å². The van der Waals surface area contributed by atoms with Crippen LogP contribution in [-0.4, -0.2) is 55.5 Å². The summed E-state index contributed by atoms with van der Waals surface area (Å²) in [7, 11) is 0. The number of hydrogen-bond donors (Lipinski definition) is 3. The number of fused-ring (bicyclic) bond motifs is 1. The quantitative estimate of drug-likeness (QED) is 0.134. The highest BCUT2D eigenvalue weighted by atomic mass is 16.6. The highest BCUT2D eigenvalue weighted by Crippen LogP contribution is 2.26. The van der Waals surface area contributed by atoms with Gasteiger partial charge in [0.25, 0.3) is 6.47 Å². The molecule has 12 nitrogen and oxygen atoms in total. The number of piperidine rings is 1. The van der Waals surface area contributed by atoms with E-state index in [1.807, 2.05) is 16.7 Å². The fourth-order valence-corrected chi connectivity index (χ4v) is 4.46. The predicted molar refractivity (Wildman–Crippen MR) is 145 cm³/mol. The Bertz CT molecular complexity index is 1380. The fourth-order valence-electron chi connectivity index (χ4n) is 4.46. The number of nitrogens with zero attached hydrogens (tertiary/aromatic N) is 6.